The van der Waals surface area contributed by atoms with Crippen LogP contribution in [0.5, 0.6) is 0 Å². The van der Waals surface area contributed by atoms with Crippen LogP contribution in [0.15, 0.2) is 0 Å². The van der Waals surface area contributed by atoms with Crippen molar-refractivity contribution in [1.29, 1.82) is 0 Å². The minimum atomic E-state index is -3.80. The van der Waals surface area contributed by atoms with Gasteiger partial charge >= 0.3 is 37.7 Å². The fourth-order valence-corrected chi connectivity index (χ4v) is 3.33. The number of hydrogen-bond donors (Lipinski definition) is 2. The SMILES string of the molecule is CCCCCCCCCCC1CCCCC1=O.NCCS(=O)(=O)O.[CaH2]. The molecule has 0 radical (unpaired) electrons. The Morgan fingerprint density at radius 1 is 1.04 bits per heavy atom. The van der Waals surface area contributed by atoms with Crippen molar-refractivity contribution < 1.29 is 17.8 Å². The fourth-order valence-electron chi connectivity index (χ4n) is 3.03. The first-order valence-corrected chi connectivity index (χ1v) is 11.2. The third kappa shape index (κ3) is 19.4. The Morgan fingerprint density at radius 2 is 1.60 bits per heavy atom. The van der Waals surface area contributed by atoms with Crippen molar-refractivity contribution >= 4 is 53.6 Å². The maximum atomic E-state index is 11.6. The van der Waals surface area contributed by atoms with E-state index in [1.54, 1.807) is 0 Å². The van der Waals surface area contributed by atoms with E-state index < -0.39 is 10.1 Å². The summed E-state index contributed by atoms with van der Waals surface area (Å²) in [4.78, 5) is 11.6. The summed E-state index contributed by atoms with van der Waals surface area (Å²) in [6, 6.07) is 0. The van der Waals surface area contributed by atoms with Crippen LogP contribution in [0.3, 0.4) is 0 Å². The van der Waals surface area contributed by atoms with Crippen molar-refractivity contribution in [1.82, 2.24) is 0 Å². The van der Waals surface area contributed by atoms with E-state index in [2.05, 4.69) is 6.92 Å². The molecule has 0 aliphatic heterocycles. The van der Waals surface area contributed by atoms with Gasteiger partial charge in [0, 0.05) is 18.9 Å². The molecule has 1 aliphatic rings. The summed E-state index contributed by atoms with van der Waals surface area (Å²) >= 11 is 0. The van der Waals surface area contributed by atoms with Gasteiger partial charge in [-0.1, -0.05) is 64.7 Å². The number of unbranched alkanes of at least 4 members (excludes halogenated alkanes) is 7. The zero-order valence-electron chi connectivity index (χ0n) is 15.3. The number of rotatable bonds is 11. The molecule has 3 N–H and O–H groups in total. The molecule has 7 heteroatoms. The number of Topliss-reactive ketones (excluding diaryl/α,β-unsaturated/α-hetero) is 1. The molecular weight excluding hydrogens is 366 g/mol. The Kier molecular flexibility index (Phi) is 20.4. The third-order valence-electron chi connectivity index (χ3n) is 4.46. The quantitative estimate of drug-likeness (QED) is 0.312. The van der Waals surface area contributed by atoms with E-state index in [4.69, 9.17) is 10.3 Å². The molecule has 1 unspecified atom stereocenters. The molecule has 1 atom stereocenters. The molecule has 0 spiro atoms. The summed E-state index contributed by atoms with van der Waals surface area (Å²) in [6.07, 6.45) is 16.6. The fraction of sp³-hybridized carbons (Fsp3) is 0.944. The average molecular weight is 406 g/mol. The minimum absolute atomic E-state index is 0. The zero-order valence-corrected chi connectivity index (χ0v) is 16.2. The van der Waals surface area contributed by atoms with E-state index in [-0.39, 0.29) is 50.0 Å². The van der Waals surface area contributed by atoms with Crippen LogP contribution in [0.2, 0.25) is 0 Å². The van der Waals surface area contributed by atoms with Crippen molar-refractivity contribution in [3.8, 4) is 0 Å². The summed E-state index contributed by atoms with van der Waals surface area (Å²) in [6.45, 7) is 2.24. The van der Waals surface area contributed by atoms with Crippen molar-refractivity contribution in [3.63, 3.8) is 0 Å². The summed E-state index contributed by atoms with van der Waals surface area (Å²) in [5, 5.41) is 0. The maximum absolute atomic E-state index is 11.6. The molecule has 0 bridgehead atoms. The predicted molar refractivity (Wildman–Crippen MR) is 108 cm³/mol. The van der Waals surface area contributed by atoms with E-state index in [0.717, 1.165) is 12.8 Å². The van der Waals surface area contributed by atoms with Crippen molar-refractivity contribution in [3.05, 3.63) is 0 Å². The second-order valence-corrected chi connectivity index (χ2v) is 8.32. The molecule has 0 heterocycles. The Morgan fingerprint density at radius 3 is 2.04 bits per heavy atom. The van der Waals surface area contributed by atoms with Crippen LogP contribution in [0, 0.1) is 5.92 Å². The van der Waals surface area contributed by atoms with Gasteiger partial charge in [0.1, 0.15) is 5.78 Å². The van der Waals surface area contributed by atoms with E-state index >= 15 is 0 Å². The number of hydrogen-bond acceptors (Lipinski definition) is 4. The number of carbonyl (C=O) groups is 1. The summed E-state index contributed by atoms with van der Waals surface area (Å²) in [5.74, 6) is 0.635. The first-order valence-electron chi connectivity index (χ1n) is 9.58. The molecule has 25 heavy (non-hydrogen) atoms. The van der Waals surface area contributed by atoms with E-state index in [9.17, 15) is 13.2 Å². The Balaban J connectivity index is 0. The third-order valence-corrected chi connectivity index (χ3v) is 5.21. The van der Waals surface area contributed by atoms with E-state index in [1.807, 2.05) is 0 Å². The molecule has 148 valence electrons. The molecule has 1 saturated carbocycles. The van der Waals surface area contributed by atoms with Gasteiger partial charge in [0.05, 0.1) is 5.75 Å². The van der Waals surface area contributed by atoms with Gasteiger partial charge in [-0.3, -0.25) is 9.35 Å². The molecule has 5 nitrogen and oxygen atoms in total. The zero-order chi connectivity index (χ0) is 18.3. The van der Waals surface area contributed by atoms with Gasteiger partial charge in [-0.05, 0) is 19.3 Å². The van der Waals surface area contributed by atoms with Crippen molar-refractivity contribution in [2.45, 2.75) is 90.4 Å². The van der Waals surface area contributed by atoms with Crippen LogP contribution >= 0.6 is 0 Å². The Hall–Kier alpha value is 0.800. The summed E-state index contributed by atoms with van der Waals surface area (Å²) in [7, 11) is -3.80. The van der Waals surface area contributed by atoms with Crippen LogP contribution in [0.4, 0.5) is 0 Å². The summed E-state index contributed by atoms with van der Waals surface area (Å²) < 4.78 is 27.3. The molecule has 0 aromatic carbocycles. The number of ketones is 1. The predicted octanol–water partition coefficient (Wildman–Crippen LogP) is 3.19. The van der Waals surface area contributed by atoms with Crippen molar-refractivity contribution in [2.24, 2.45) is 11.7 Å². The first-order chi connectivity index (χ1) is 11.4. The standard InChI is InChI=1S/C16H30O.C2H7NO3S.Ca.2H/c1-2-3-4-5-6-7-8-9-12-15-13-10-11-14-16(15)17;3-1-2-7(4,5)6;;;/h15H,2-14H2,1H3;1-3H2,(H,4,5,6);;;. The van der Waals surface area contributed by atoms with Crippen molar-refractivity contribution in [2.75, 3.05) is 12.3 Å². The topological polar surface area (TPSA) is 97.5 Å². The second kappa shape index (κ2) is 18.2. The Labute approximate surface area is 184 Å². The molecule has 1 fully saturated rings. The van der Waals surface area contributed by atoms with Crippen LogP contribution in [0.1, 0.15) is 90.4 Å². The molecular formula is C18H39CaNO4S. The van der Waals surface area contributed by atoms with Gasteiger partial charge in [-0.15, -0.1) is 0 Å². The number of carbonyl (C=O) groups excluding carboxylic acids is 1. The average Bonchev–Trinajstić information content (AvgIpc) is 2.51. The Bertz CT molecular complexity index is 415. The summed E-state index contributed by atoms with van der Waals surface area (Å²) in [5.41, 5.74) is 4.78. The molecule has 0 aromatic heterocycles. The van der Waals surface area contributed by atoms with Gasteiger partial charge in [0.25, 0.3) is 10.1 Å². The van der Waals surface area contributed by atoms with E-state index in [0.29, 0.717) is 11.7 Å². The number of nitrogens with two attached hydrogens (primary N) is 1. The molecule has 1 rings (SSSR count). The molecule has 0 amide bonds. The van der Waals surface area contributed by atoms with E-state index in [1.165, 1.54) is 70.6 Å². The van der Waals surface area contributed by atoms with Crippen LogP contribution in [-0.4, -0.2) is 68.8 Å². The molecule has 0 aromatic rings. The van der Waals surface area contributed by atoms with Gasteiger partial charge in [-0.2, -0.15) is 8.42 Å². The molecule has 0 saturated heterocycles. The van der Waals surface area contributed by atoms with Gasteiger partial charge in [0.15, 0.2) is 0 Å². The van der Waals surface area contributed by atoms with Gasteiger partial charge in [-0.25, -0.2) is 0 Å². The second-order valence-electron chi connectivity index (χ2n) is 6.75. The van der Waals surface area contributed by atoms with Gasteiger partial charge < -0.3 is 5.73 Å². The van der Waals surface area contributed by atoms with Crippen LogP contribution < -0.4 is 5.73 Å². The normalized spacial score (nSPS) is 17.4. The van der Waals surface area contributed by atoms with Crippen LogP contribution in [-0.2, 0) is 14.9 Å². The molecule has 1 aliphatic carbocycles. The monoisotopic (exact) mass is 405 g/mol. The van der Waals surface area contributed by atoms with Crippen LogP contribution in [0.25, 0.3) is 0 Å². The van der Waals surface area contributed by atoms with Gasteiger partial charge in [0.2, 0.25) is 0 Å². The first kappa shape index (κ1) is 28.0.